The third-order valence-electron chi connectivity index (χ3n) is 3.48. The second kappa shape index (κ2) is 4.86. The molecule has 5 nitrogen and oxygen atoms in total. The number of aromatic amines is 1. The number of rotatable bonds is 3. The number of likely N-dealkylation sites (tertiary alicyclic amines) is 1. The zero-order chi connectivity index (χ0) is 12.4. The fourth-order valence-corrected chi connectivity index (χ4v) is 2.48. The smallest absolute Gasteiger partial charge is 0.125 e. The fourth-order valence-electron chi connectivity index (χ4n) is 2.48. The van der Waals surface area contributed by atoms with Gasteiger partial charge >= 0.3 is 0 Å². The van der Waals surface area contributed by atoms with Crippen molar-refractivity contribution in [1.29, 1.82) is 0 Å². The van der Waals surface area contributed by atoms with E-state index in [1.54, 1.807) is 0 Å². The number of hydrogen-bond donors (Lipinski definition) is 1. The van der Waals surface area contributed by atoms with Gasteiger partial charge in [0.2, 0.25) is 0 Å². The Morgan fingerprint density at radius 2 is 2.22 bits per heavy atom. The molecule has 3 rings (SSSR count). The van der Waals surface area contributed by atoms with Crippen LogP contribution in [-0.2, 0) is 6.54 Å². The van der Waals surface area contributed by atoms with E-state index >= 15 is 0 Å². The summed E-state index contributed by atoms with van der Waals surface area (Å²) in [6.07, 6.45) is 6.86. The highest BCUT2D eigenvalue weighted by atomic mass is 15.2. The van der Waals surface area contributed by atoms with Gasteiger partial charge in [0.25, 0.3) is 0 Å². The standard InChI is InChI=1S/C13H17N5/c1-10-14-6-11(7-15-10)8-18-5-3-12(9-18)13-2-4-16-17-13/h2,4,6-7,12H,3,5,8-9H2,1H3,(H,16,17). The van der Waals surface area contributed by atoms with Crippen molar-refractivity contribution >= 4 is 0 Å². The Morgan fingerprint density at radius 3 is 2.94 bits per heavy atom. The van der Waals surface area contributed by atoms with Crippen LogP contribution in [0.25, 0.3) is 0 Å². The molecule has 1 unspecified atom stereocenters. The van der Waals surface area contributed by atoms with Gasteiger partial charge in [0.1, 0.15) is 5.82 Å². The van der Waals surface area contributed by atoms with Gasteiger partial charge in [0.05, 0.1) is 0 Å². The minimum absolute atomic E-state index is 0.582. The molecule has 5 heteroatoms. The zero-order valence-electron chi connectivity index (χ0n) is 10.5. The molecular weight excluding hydrogens is 226 g/mol. The third kappa shape index (κ3) is 2.41. The van der Waals surface area contributed by atoms with Crippen molar-refractivity contribution in [2.45, 2.75) is 25.8 Å². The Bertz CT molecular complexity index is 491. The maximum absolute atomic E-state index is 4.24. The predicted octanol–water partition coefficient (Wildman–Crippen LogP) is 1.50. The van der Waals surface area contributed by atoms with E-state index in [1.165, 1.54) is 17.7 Å². The molecular formula is C13H17N5. The summed E-state index contributed by atoms with van der Waals surface area (Å²) in [7, 11) is 0. The Kier molecular flexibility index (Phi) is 3.06. The van der Waals surface area contributed by atoms with Gasteiger partial charge in [-0.15, -0.1) is 0 Å². The molecule has 94 valence electrons. The molecule has 1 N–H and O–H groups in total. The molecule has 1 aliphatic rings. The molecule has 0 radical (unpaired) electrons. The highest BCUT2D eigenvalue weighted by molar-refractivity contribution is 5.10. The number of nitrogens with one attached hydrogen (secondary N) is 1. The quantitative estimate of drug-likeness (QED) is 0.887. The third-order valence-corrected chi connectivity index (χ3v) is 3.48. The van der Waals surface area contributed by atoms with E-state index in [2.05, 4.69) is 31.1 Å². The summed E-state index contributed by atoms with van der Waals surface area (Å²) in [5, 5.41) is 7.09. The van der Waals surface area contributed by atoms with Gasteiger partial charge < -0.3 is 0 Å². The summed E-state index contributed by atoms with van der Waals surface area (Å²) < 4.78 is 0. The maximum Gasteiger partial charge on any atom is 0.125 e. The summed E-state index contributed by atoms with van der Waals surface area (Å²) in [6, 6.07) is 2.07. The Labute approximate surface area is 106 Å². The number of H-pyrrole nitrogens is 1. The SMILES string of the molecule is Cc1ncc(CN2CCC(c3ccn[nH]3)C2)cn1. The molecule has 0 aliphatic carbocycles. The van der Waals surface area contributed by atoms with E-state index < -0.39 is 0 Å². The van der Waals surface area contributed by atoms with E-state index in [0.29, 0.717) is 5.92 Å². The van der Waals surface area contributed by atoms with Gasteiger partial charge in [-0.3, -0.25) is 10.00 Å². The van der Waals surface area contributed by atoms with Crippen LogP contribution in [0, 0.1) is 6.92 Å². The highest BCUT2D eigenvalue weighted by Crippen LogP contribution is 2.26. The highest BCUT2D eigenvalue weighted by Gasteiger charge is 2.24. The summed E-state index contributed by atoms with van der Waals surface area (Å²) >= 11 is 0. The lowest BCUT2D eigenvalue weighted by Gasteiger charge is -2.15. The first-order valence-corrected chi connectivity index (χ1v) is 6.30. The molecule has 2 aromatic heterocycles. The topological polar surface area (TPSA) is 57.7 Å². The molecule has 2 aromatic rings. The zero-order valence-corrected chi connectivity index (χ0v) is 10.5. The van der Waals surface area contributed by atoms with E-state index in [-0.39, 0.29) is 0 Å². The van der Waals surface area contributed by atoms with Gasteiger partial charge in [-0.05, 0) is 26.0 Å². The van der Waals surface area contributed by atoms with Crippen molar-refractivity contribution in [1.82, 2.24) is 25.1 Å². The van der Waals surface area contributed by atoms with Crippen LogP contribution in [0.2, 0.25) is 0 Å². The van der Waals surface area contributed by atoms with Gasteiger partial charge in [0, 0.05) is 48.9 Å². The fraction of sp³-hybridized carbons (Fsp3) is 0.462. The van der Waals surface area contributed by atoms with Crippen LogP contribution in [0.3, 0.4) is 0 Å². The molecule has 0 amide bonds. The van der Waals surface area contributed by atoms with E-state index in [9.17, 15) is 0 Å². The Morgan fingerprint density at radius 1 is 1.39 bits per heavy atom. The first kappa shape index (κ1) is 11.3. The van der Waals surface area contributed by atoms with Crippen LogP contribution < -0.4 is 0 Å². The molecule has 0 aromatic carbocycles. The number of nitrogens with zero attached hydrogens (tertiary/aromatic N) is 4. The second-order valence-electron chi connectivity index (χ2n) is 4.87. The average Bonchev–Trinajstić information content (AvgIpc) is 3.02. The van der Waals surface area contributed by atoms with Crippen molar-refractivity contribution < 1.29 is 0 Å². The molecule has 0 bridgehead atoms. The number of hydrogen-bond acceptors (Lipinski definition) is 4. The summed E-state index contributed by atoms with van der Waals surface area (Å²) in [5.74, 6) is 1.41. The van der Waals surface area contributed by atoms with Crippen molar-refractivity contribution in [3.05, 3.63) is 41.7 Å². The molecule has 0 saturated carbocycles. The molecule has 1 fully saturated rings. The Hall–Kier alpha value is -1.75. The molecule has 1 atom stereocenters. The summed E-state index contributed by atoms with van der Waals surface area (Å²) in [5.41, 5.74) is 2.43. The molecule has 18 heavy (non-hydrogen) atoms. The van der Waals surface area contributed by atoms with Crippen LogP contribution in [0.5, 0.6) is 0 Å². The van der Waals surface area contributed by atoms with Crippen molar-refractivity contribution in [3.8, 4) is 0 Å². The number of aryl methyl sites for hydroxylation is 1. The maximum atomic E-state index is 4.24. The minimum atomic E-state index is 0.582. The van der Waals surface area contributed by atoms with Crippen LogP contribution in [0.15, 0.2) is 24.7 Å². The van der Waals surface area contributed by atoms with Gasteiger partial charge in [0.15, 0.2) is 0 Å². The lowest BCUT2D eigenvalue weighted by atomic mass is 10.1. The summed E-state index contributed by atoms with van der Waals surface area (Å²) in [6.45, 7) is 5.05. The van der Waals surface area contributed by atoms with E-state index in [1.807, 2.05) is 25.5 Å². The van der Waals surface area contributed by atoms with E-state index in [0.717, 1.165) is 25.5 Å². The first-order chi connectivity index (χ1) is 8.81. The molecule has 0 spiro atoms. The molecule has 1 saturated heterocycles. The summed E-state index contributed by atoms with van der Waals surface area (Å²) in [4.78, 5) is 10.9. The van der Waals surface area contributed by atoms with E-state index in [4.69, 9.17) is 0 Å². The second-order valence-corrected chi connectivity index (χ2v) is 4.87. The predicted molar refractivity (Wildman–Crippen MR) is 68.0 cm³/mol. The van der Waals surface area contributed by atoms with Crippen LogP contribution in [0.1, 0.15) is 29.4 Å². The largest absolute Gasteiger partial charge is 0.298 e. The van der Waals surface area contributed by atoms with Crippen molar-refractivity contribution in [2.24, 2.45) is 0 Å². The Balaban J connectivity index is 1.61. The minimum Gasteiger partial charge on any atom is -0.298 e. The van der Waals surface area contributed by atoms with Crippen molar-refractivity contribution in [2.75, 3.05) is 13.1 Å². The molecule has 3 heterocycles. The lowest BCUT2D eigenvalue weighted by molar-refractivity contribution is 0.325. The number of aromatic nitrogens is 4. The molecule has 1 aliphatic heterocycles. The average molecular weight is 243 g/mol. The van der Waals surface area contributed by atoms with Crippen molar-refractivity contribution in [3.63, 3.8) is 0 Å². The van der Waals surface area contributed by atoms with Gasteiger partial charge in [-0.1, -0.05) is 0 Å². The van der Waals surface area contributed by atoms with Crippen LogP contribution in [0.4, 0.5) is 0 Å². The monoisotopic (exact) mass is 243 g/mol. The van der Waals surface area contributed by atoms with Crippen LogP contribution in [-0.4, -0.2) is 38.2 Å². The normalized spacial score (nSPS) is 20.4. The lowest BCUT2D eigenvalue weighted by Crippen LogP contribution is -2.20. The van der Waals surface area contributed by atoms with Crippen LogP contribution >= 0.6 is 0 Å². The first-order valence-electron chi connectivity index (χ1n) is 6.30. The van der Waals surface area contributed by atoms with Gasteiger partial charge in [-0.2, -0.15) is 5.10 Å². The van der Waals surface area contributed by atoms with Gasteiger partial charge in [-0.25, -0.2) is 9.97 Å².